The Morgan fingerprint density at radius 1 is 1.14 bits per heavy atom. The van der Waals surface area contributed by atoms with Crippen molar-refractivity contribution >= 4 is 33.2 Å². The van der Waals surface area contributed by atoms with Gasteiger partial charge in [-0.25, -0.2) is 9.50 Å². The molecule has 0 saturated carbocycles. The van der Waals surface area contributed by atoms with Crippen molar-refractivity contribution in [2.24, 2.45) is 0 Å². The molecule has 0 fully saturated rings. The largest absolute Gasteiger partial charge is 0.493 e. The van der Waals surface area contributed by atoms with Gasteiger partial charge in [-0.3, -0.25) is 0 Å². The number of methoxy groups -OCH3 is 2. The summed E-state index contributed by atoms with van der Waals surface area (Å²) in [5.41, 5.74) is 2.27. The number of hydrogen-bond acceptors (Lipinski definition) is 4. The van der Waals surface area contributed by atoms with Gasteiger partial charge in [0.2, 0.25) is 0 Å². The van der Waals surface area contributed by atoms with Crippen LogP contribution in [0, 0.1) is 0 Å². The second-order valence-electron chi connectivity index (χ2n) is 4.26. The summed E-state index contributed by atoms with van der Waals surface area (Å²) in [5, 5.41) is 4.63. The van der Waals surface area contributed by atoms with E-state index in [2.05, 4.69) is 26.0 Å². The van der Waals surface area contributed by atoms with Gasteiger partial charge in [0.15, 0.2) is 17.1 Å². The van der Waals surface area contributed by atoms with Crippen molar-refractivity contribution in [1.29, 1.82) is 0 Å². The Labute approximate surface area is 134 Å². The van der Waals surface area contributed by atoms with E-state index in [1.165, 1.54) is 0 Å². The third-order valence-electron chi connectivity index (χ3n) is 3.06. The summed E-state index contributed by atoms with van der Waals surface area (Å²) in [5.74, 6) is 1.30. The van der Waals surface area contributed by atoms with Crippen molar-refractivity contribution in [2.75, 3.05) is 14.2 Å². The summed E-state index contributed by atoms with van der Waals surface area (Å²) in [6.07, 6.45) is 1.66. The van der Waals surface area contributed by atoms with Crippen LogP contribution >= 0.6 is 27.5 Å². The van der Waals surface area contributed by atoms with Crippen molar-refractivity contribution < 1.29 is 9.47 Å². The van der Waals surface area contributed by atoms with Gasteiger partial charge in [0.1, 0.15) is 5.15 Å². The van der Waals surface area contributed by atoms with Crippen molar-refractivity contribution in [1.82, 2.24) is 14.6 Å². The van der Waals surface area contributed by atoms with Crippen LogP contribution in [0.5, 0.6) is 11.5 Å². The van der Waals surface area contributed by atoms with Crippen LogP contribution in [-0.2, 0) is 0 Å². The highest BCUT2D eigenvalue weighted by Gasteiger charge is 2.12. The van der Waals surface area contributed by atoms with Gasteiger partial charge in [-0.15, -0.1) is 0 Å². The Morgan fingerprint density at radius 2 is 1.90 bits per heavy atom. The van der Waals surface area contributed by atoms with Crippen molar-refractivity contribution in [3.63, 3.8) is 0 Å². The Kier molecular flexibility index (Phi) is 3.73. The first kappa shape index (κ1) is 14.2. The molecule has 3 aromatic rings. The van der Waals surface area contributed by atoms with E-state index >= 15 is 0 Å². The average molecular weight is 369 g/mol. The molecule has 0 bridgehead atoms. The fraction of sp³-hybridized carbons (Fsp3) is 0.143. The minimum Gasteiger partial charge on any atom is -0.493 e. The van der Waals surface area contributed by atoms with Gasteiger partial charge in [0, 0.05) is 11.6 Å². The lowest BCUT2D eigenvalue weighted by Crippen LogP contribution is -1.96. The Morgan fingerprint density at radius 3 is 2.62 bits per heavy atom. The van der Waals surface area contributed by atoms with Crippen molar-refractivity contribution in [3.8, 4) is 22.8 Å². The lowest BCUT2D eigenvalue weighted by atomic mass is 10.1. The zero-order chi connectivity index (χ0) is 15.0. The zero-order valence-electron chi connectivity index (χ0n) is 11.3. The number of benzene rings is 1. The smallest absolute Gasteiger partial charge is 0.171 e. The summed E-state index contributed by atoms with van der Waals surface area (Å²) >= 11 is 9.65. The van der Waals surface area contributed by atoms with Crippen LogP contribution in [0.2, 0.25) is 5.15 Å². The second-order valence-corrected chi connectivity index (χ2v) is 5.50. The van der Waals surface area contributed by atoms with Crippen LogP contribution in [0.3, 0.4) is 0 Å². The molecule has 5 nitrogen and oxygen atoms in total. The highest BCUT2D eigenvalue weighted by Crippen LogP contribution is 2.33. The molecular formula is C14H11BrClN3O2. The summed E-state index contributed by atoms with van der Waals surface area (Å²) in [6, 6.07) is 7.35. The van der Waals surface area contributed by atoms with E-state index in [-0.39, 0.29) is 0 Å². The number of hydrogen-bond donors (Lipinski definition) is 0. The summed E-state index contributed by atoms with van der Waals surface area (Å²) in [7, 11) is 3.20. The van der Waals surface area contributed by atoms with E-state index in [0.29, 0.717) is 22.3 Å². The number of fused-ring (bicyclic) bond motifs is 1. The van der Waals surface area contributed by atoms with E-state index in [1.54, 1.807) is 31.0 Å². The van der Waals surface area contributed by atoms with Crippen molar-refractivity contribution in [3.05, 3.63) is 40.1 Å². The molecule has 7 heteroatoms. The van der Waals surface area contributed by atoms with Gasteiger partial charge in [-0.2, -0.15) is 5.10 Å². The highest BCUT2D eigenvalue weighted by atomic mass is 79.9. The molecule has 1 aromatic carbocycles. The average Bonchev–Trinajstić information content (AvgIpc) is 2.88. The monoisotopic (exact) mass is 367 g/mol. The Hall–Kier alpha value is -1.79. The summed E-state index contributed by atoms with van der Waals surface area (Å²) in [6.45, 7) is 0. The number of halogens is 2. The van der Waals surface area contributed by atoms with E-state index in [1.807, 2.05) is 18.2 Å². The van der Waals surface area contributed by atoms with Crippen LogP contribution in [0.25, 0.3) is 16.9 Å². The second kappa shape index (κ2) is 5.54. The molecule has 108 valence electrons. The molecule has 0 N–H and O–H groups in total. The molecule has 3 rings (SSSR count). The van der Waals surface area contributed by atoms with E-state index < -0.39 is 0 Å². The molecule has 0 amide bonds. The van der Waals surface area contributed by atoms with E-state index in [0.717, 1.165) is 15.7 Å². The Bertz CT molecular complexity index is 819. The molecular weight excluding hydrogens is 358 g/mol. The quantitative estimate of drug-likeness (QED) is 0.659. The van der Waals surface area contributed by atoms with Crippen LogP contribution < -0.4 is 9.47 Å². The van der Waals surface area contributed by atoms with Crippen LogP contribution in [0.1, 0.15) is 0 Å². The lowest BCUT2D eigenvalue weighted by Gasteiger charge is -2.10. The molecule has 0 spiro atoms. The normalized spacial score (nSPS) is 10.9. The maximum absolute atomic E-state index is 6.24. The SMILES string of the molecule is COc1ccc(-c2cc(Cl)n3ncc(Br)c3n2)cc1OC. The fourth-order valence-electron chi connectivity index (χ4n) is 2.04. The van der Waals surface area contributed by atoms with Crippen LogP contribution in [0.15, 0.2) is 34.9 Å². The molecule has 0 unspecified atom stereocenters. The predicted octanol–water partition coefficient (Wildman–Crippen LogP) is 3.83. The first-order valence-electron chi connectivity index (χ1n) is 6.06. The molecule has 0 aliphatic rings. The van der Waals surface area contributed by atoms with Gasteiger partial charge in [-0.05, 0) is 34.1 Å². The maximum atomic E-state index is 6.24. The van der Waals surface area contributed by atoms with Gasteiger partial charge >= 0.3 is 0 Å². The number of rotatable bonds is 3. The fourth-order valence-corrected chi connectivity index (χ4v) is 2.62. The van der Waals surface area contributed by atoms with Gasteiger partial charge in [-0.1, -0.05) is 11.6 Å². The molecule has 2 heterocycles. The minimum atomic E-state index is 0.482. The Balaban J connectivity index is 2.18. The van der Waals surface area contributed by atoms with E-state index in [9.17, 15) is 0 Å². The zero-order valence-corrected chi connectivity index (χ0v) is 13.6. The molecule has 0 aliphatic carbocycles. The number of ether oxygens (including phenoxy) is 2. The van der Waals surface area contributed by atoms with Crippen LogP contribution in [-0.4, -0.2) is 28.8 Å². The highest BCUT2D eigenvalue weighted by molar-refractivity contribution is 9.10. The van der Waals surface area contributed by atoms with Crippen LogP contribution in [0.4, 0.5) is 0 Å². The van der Waals surface area contributed by atoms with Gasteiger partial charge < -0.3 is 9.47 Å². The van der Waals surface area contributed by atoms with E-state index in [4.69, 9.17) is 21.1 Å². The molecule has 0 radical (unpaired) electrons. The van der Waals surface area contributed by atoms with Gasteiger partial charge in [0.25, 0.3) is 0 Å². The van der Waals surface area contributed by atoms with Crippen molar-refractivity contribution in [2.45, 2.75) is 0 Å². The molecule has 21 heavy (non-hydrogen) atoms. The standard InChI is InChI=1S/C14H11BrClN3O2/c1-20-11-4-3-8(5-12(11)21-2)10-6-13(16)19-14(18-10)9(15)7-17-19/h3-7H,1-2H3. The third-order valence-corrected chi connectivity index (χ3v) is 3.89. The molecule has 2 aromatic heterocycles. The molecule has 0 atom stereocenters. The van der Waals surface area contributed by atoms with Gasteiger partial charge in [0.05, 0.1) is 30.6 Å². The maximum Gasteiger partial charge on any atom is 0.171 e. The molecule has 0 saturated heterocycles. The summed E-state index contributed by atoms with van der Waals surface area (Å²) < 4.78 is 12.9. The summed E-state index contributed by atoms with van der Waals surface area (Å²) in [4.78, 5) is 4.57. The molecule has 0 aliphatic heterocycles. The predicted molar refractivity (Wildman–Crippen MR) is 84.2 cm³/mol. The lowest BCUT2D eigenvalue weighted by molar-refractivity contribution is 0.355. The first-order chi connectivity index (χ1) is 10.1. The third kappa shape index (κ3) is 2.45. The number of nitrogens with zero attached hydrogens (tertiary/aromatic N) is 3. The topological polar surface area (TPSA) is 48.7 Å². The minimum absolute atomic E-state index is 0.482. The number of aromatic nitrogens is 3. The first-order valence-corrected chi connectivity index (χ1v) is 7.23.